The standard InChI is InChI=1S/C30H31ClN8O4/c1-18-7-9-19(10-8-18)16-39-24-25(35-29(39)38-13-14-41-17-22(38)20-5-3-2-4-6-20)33-26(27-36-30(40)43-37-27)34-28(24)42-23-12-11-21(31)15-32-23/h2-6,11-12,15,18-19,22H,7-10,13-14,16-17H2,1H3,(H,36,37,40)/t18?,19?,22-/m0/s1. The number of nitrogens with one attached hydrogen (secondary N) is 1. The number of halogens is 1. The zero-order chi connectivity index (χ0) is 29.3. The predicted molar refractivity (Wildman–Crippen MR) is 159 cm³/mol. The molecule has 43 heavy (non-hydrogen) atoms. The van der Waals surface area contributed by atoms with E-state index in [0.717, 1.165) is 36.8 Å². The molecular weight excluding hydrogens is 572 g/mol. The lowest BCUT2D eigenvalue weighted by molar-refractivity contribution is 0.0927. The highest BCUT2D eigenvalue weighted by atomic mass is 35.5. The molecule has 0 bridgehead atoms. The fourth-order valence-corrected chi connectivity index (χ4v) is 6.09. The zero-order valence-corrected chi connectivity index (χ0v) is 24.4. The lowest BCUT2D eigenvalue weighted by Crippen LogP contribution is -2.41. The number of hydrogen-bond acceptors (Lipinski definition) is 10. The maximum Gasteiger partial charge on any atom is 0.439 e. The summed E-state index contributed by atoms with van der Waals surface area (Å²) >= 11 is 6.09. The molecule has 1 aliphatic carbocycles. The summed E-state index contributed by atoms with van der Waals surface area (Å²) in [5.41, 5.74) is 2.19. The van der Waals surface area contributed by atoms with Crippen LogP contribution >= 0.6 is 11.6 Å². The molecule has 0 amide bonds. The second-order valence-electron chi connectivity index (χ2n) is 11.2. The number of benzene rings is 1. The molecule has 1 saturated carbocycles. The Bertz CT molecular complexity index is 1760. The van der Waals surface area contributed by atoms with E-state index in [4.69, 9.17) is 40.5 Å². The van der Waals surface area contributed by atoms with Gasteiger partial charge in [0.25, 0.3) is 5.88 Å². The highest BCUT2D eigenvalue weighted by Crippen LogP contribution is 2.38. The molecule has 13 heteroatoms. The van der Waals surface area contributed by atoms with Gasteiger partial charge in [-0.2, -0.15) is 9.97 Å². The largest absolute Gasteiger partial charge is 0.439 e. The maximum absolute atomic E-state index is 11.8. The minimum Gasteiger partial charge on any atom is -0.418 e. The molecule has 1 saturated heterocycles. The Kier molecular flexibility index (Phi) is 7.54. The van der Waals surface area contributed by atoms with Crippen LogP contribution in [0.15, 0.2) is 58.0 Å². The van der Waals surface area contributed by atoms with Crippen molar-refractivity contribution in [2.75, 3.05) is 24.7 Å². The number of H-pyrrole nitrogens is 1. The average molecular weight is 603 g/mol. The van der Waals surface area contributed by atoms with Crippen LogP contribution in [-0.4, -0.2) is 54.4 Å². The van der Waals surface area contributed by atoms with Crippen LogP contribution in [0.4, 0.5) is 5.95 Å². The summed E-state index contributed by atoms with van der Waals surface area (Å²) < 4.78 is 19.2. The van der Waals surface area contributed by atoms with Gasteiger partial charge in [-0.1, -0.05) is 66.9 Å². The van der Waals surface area contributed by atoms with Gasteiger partial charge < -0.3 is 18.9 Å². The fourth-order valence-electron chi connectivity index (χ4n) is 5.97. The van der Waals surface area contributed by atoms with Gasteiger partial charge in [0.05, 0.1) is 24.3 Å². The molecule has 5 heterocycles. The van der Waals surface area contributed by atoms with Gasteiger partial charge in [-0.05, 0) is 36.3 Å². The smallest absolute Gasteiger partial charge is 0.418 e. The number of hydrogen-bond donors (Lipinski definition) is 1. The highest BCUT2D eigenvalue weighted by molar-refractivity contribution is 6.30. The monoisotopic (exact) mass is 602 g/mol. The van der Waals surface area contributed by atoms with Crippen LogP contribution in [0.5, 0.6) is 11.8 Å². The Balaban J connectivity index is 1.41. The van der Waals surface area contributed by atoms with Crippen molar-refractivity contribution in [3.63, 3.8) is 0 Å². The van der Waals surface area contributed by atoms with Crippen molar-refractivity contribution < 1.29 is 14.0 Å². The Morgan fingerprint density at radius 2 is 1.91 bits per heavy atom. The van der Waals surface area contributed by atoms with Crippen molar-refractivity contribution in [1.82, 2.24) is 34.6 Å². The summed E-state index contributed by atoms with van der Waals surface area (Å²) in [6.07, 6.45) is 6.14. The SMILES string of the molecule is CC1CCC(Cn2c(N3CCOC[C@H]3c3ccccc3)nc3nc(-c4noc(=O)[nH]4)nc(Oc4ccc(Cl)cn4)c32)CC1. The molecule has 1 atom stereocenters. The first kappa shape index (κ1) is 27.5. The summed E-state index contributed by atoms with van der Waals surface area (Å²) in [6.45, 7) is 4.80. The van der Waals surface area contributed by atoms with Crippen molar-refractivity contribution in [3.05, 3.63) is 69.8 Å². The minimum absolute atomic E-state index is 0.0430. The van der Waals surface area contributed by atoms with Crippen LogP contribution in [0, 0.1) is 11.8 Å². The molecule has 5 aromatic rings. The topological polar surface area (TPSA) is 137 Å². The van der Waals surface area contributed by atoms with Crippen LogP contribution in [0.3, 0.4) is 0 Å². The highest BCUT2D eigenvalue weighted by Gasteiger charge is 2.32. The van der Waals surface area contributed by atoms with Gasteiger partial charge in [0, 0.05) is 25.4 Å². The Morgan fingerprint density at radius 3 is 2.65 bits per heavy atom. The van der Waals surface area contributed by atoms with Gasteiger partial charge in [-0.25, -0.2) is 14.8 Å². The van der Waals surface area contributed by atoms with E-state index in [-0.39, 0.29) is 23.6 Å². The van der Waals surface area contributed by atoms with E-state index in [9.17, 15) is 4.79 Å². The molecule has 0 spiro atoms. The van der Waals surface area contributed by atoms with Gasteiger partial charge in [0.2, 0.25) is 23.5 Å². The van der Waals surface area contributed by atoms with Gasteiger partial charge in [0.15, 0.2) is 11.2 Å². The first-order valence-corrected chi connectivity index (χ1v) is 14.9. The molecule has 2 fully saturated rings. The second kappa shape index (κ2) is 11.8. The lowest BCUT2D eigenvalue weighted by Gasteiger charge is -2.37. The molecule has 2 aliphatic rings. The van der Waals surface area contributed by atoms with E-state index in [1.165, 1.54) is 19.0 Å². The van der Waals surface area contributed by atoms with Gasteiger partial charge in [-0.15, -0.1) is 0 Å². The number of aromatic nitrogens is 7. The molecule has 222 valence electrons. The van der Waals surface area contributed by atoms with Crippen molar-refractivity contribution >= 4 is 28.7 Å². The van der Waals surface area contributed by atoms with Crippen LogP contribution in [0.2, 0.25) is 5.02 Å². The number of anilines is 1. The van der Waals surface area contributed by atoms with Crippen molar-refractivity contribution in [3.8, 4) is 23.4 Å². The zero-order valence-electron chi connectivity index (χ0n) is 23.6. The molecule has 1 aromatic carbocycles. The van der Waals surface area contributed by atoms with Crippen molar-refractivity contribution in [1.29, 1.82) is 0 Å². The molecule has 1 N–H and O–H groups in total. The minimum atomic E-state index is -0.711. The number of fused-ring (bicyclic) bond motifs is 1. The van der Waals surface area contributed by atoms with Crippen molar-refractivity contribution in [2.24, 2.45) is 11.8 Å². The first-order valence-electron chi connectivity index (χ1n) is 14.5. The van der Waals surface area contributed by atoms with E-state index in [0.29, 0.717) is 47.7 Å². The van der Waals surface area contributed by atoms with Crippen molar-refractivity contribution in [2.45, 2.75) is 45.2 Å². The molecule has 7 rings (SSSR count). The molecule has 4 aromatic heterocycles. The maximum atomic E-state index is 11.8. The number of morpholine rings is 1. The number of ether oxygens (including phenoxy) is 2. The molecule has 0 unspecified atom stereocenters. The Hall–Kier alpha value is -4.29. The lowest BCUT2D eigenvalue weighted by atomic mass is 9.83. The van der Waals surface area contributed by atoms with E-state index in [2.05, 4.69) is 43.6 Å². The Morgan fingerprint density at radius 1 is 1.07 bits per heavy atom. The average Bonchev–Trinajstić information content (AvgIpc) is 3.63. The summed E-state index contributed by atoms with van der Waals surface area (Å²) in [4.78, 5) is 35.5. The molecule has 12 nitrogen and oxygen atoms in total. The number of pyridine rings is 1. The van der Waals surface area contributed by atoms with E-state index >= 15 is 0 Å². The summed E-state index contributed by atoms with van der Waals surface area (Å²) in [5.74, 6) is 1.97. The van der Waals surface area contributed by atoms with E-state index in [1.54, 1.807) is 12.1 Å². The van der Waals surface area contributed by atoms with Gasteiger partial charge >= 0.3 is 5.76 Å². The van der Waals surface area contributed by atoms with Gasteiger partial charge in [-0.3, -0.25) is 9.51 Å². The third-order valence-corrected chi connectivity index (χ3v) is 8.47. The van der Waals surface area contributed by atoms with E-state index in [1.807, 2.05) is 18.2 Å². The second-order valence-corrected chi connectivity index (χ2v) is 11.7. The first-order chi connectivity index (χ1) is 21.0. The van der Waals surface area contributed by atoms with Gasteiger partial charge in [0.1, 0.15) is 0 Å². The van der Waals surface area contributed by atoms with E-state index < -0.39 is 5.76 Å². The quantitative estimate of drug-likeness (QED) is 0.257. The van der Waals surface area contributed by atoms with Crippen LogP contribution < -0.4 is 15.4 Å². The third kappa shape index (κ3) is 5.72. The summed E-state index contributed by atoms with van der Waals surface area (Å²) in [7, 11) is 0. The summed E-state index contributed by atoms with van der Waals surface area (Å²) in [5, 5.41) is 4.29. The number of imidazole rings is 1. The Labute approximate surface area is 252 Å². The summed E-state index contributed by atoms with van der Waals surface area (Å²) in [6, 6.07) is 13.6. The third-order valence-electron chi connectivity index (χ3n) is 8.25. The molecular formula is C30H31ClN8O4. The van der Waals surface area contributed by atoms with Crippen LogP contribution in [0.1, 0.15) is 44.2 Å². The van der Waals surface area contributed by atoms with Crippen LogP contribution in [-0.2, 0) is 11.3 Å². The normalized spacial score (nSPS) is 20.9. The fraction of sp³-hybridized carbons (Fsp3) is 0.400. The van der Waals surface area contributed by atoms with Crippen LogP contribution in [0.25, 0.3) is 22.8 Å². The molecule has 0 radical (unpaired) electrons. The number of nitrogens with zero attached hydrogens (tertiary/aromatic N) is 7. The molecule has 1 aliphatic heterocycles. The predicted octanol–water partition coefficient (Wildman–Crippen LogP) is 5.41. The number of aromatic amines is 1. The number of rotatable bonds is 7.